The molecule has 19 heteroatoms. The summed E-state index contributed by atoms with van der Waals surface area (Å²) < 4.78 is 32.2. The molecule has 0 bridgehead atoms. The number of allylic oxidation sites excluding steroid dienone is 1. The molecule has 4 amide bonds. The molecule has 17 nitrogen and oxygen atoms in total. The number of anilines is 1. The van der Waals surface area contributed by atoms with Gasteiger partial charge in [-0.1, -0.05) is 6.07 Å². The molecule has 1 aromatic heterocycles. The fourth-order valence-electron chi connectivity index (χ4n) is 10.5. The highest BCUT2D eigenvalue weighted by molar-refractivity contribution is 6.09. The van der Waals surface area contributed by atoms with Crippen molar-refractivity contribution in [3.05, 3.63) is 80.5 Å². The molecule has 2 atom stereocenters. The van der Waals surface area contributed by atoms with Crippen LogP contribution in [0.15, 0.2) is 52.6 Å². The summed E-state index contributed by atoms with van der Waals surface area (Å²) in [5.41, 5.74) is 13.2. The Morgan fingerprint density at radius 3 is 2.36 bits per heavy atom. The quantitative estimate of drug-likeness (QED) is 0.118. The van der Waals surface area contributed by atoms with Crippen LogP contribution in [0.2, 0.25) is 0 Å². The standard InChI is InChI=1S/C48H64F2N12O5/c1-30(63)60-18-12-38(37(29-60)46(52)61-14-4-5-32-24-35(33(26-51)27-53-2)36(45(49)50)25-41(32)61)54-34-10-16-59(17-11-34)44(65)13-15-57-19-21-58(22-20-57)28-31-6-7-39-42(23-31)56(3)48(67)62(39)40-8-9-43(64)55-47(40)66/h6-7,23-27,34,40,45-46,51,53-54H,4-5,8-22,28-29,52H2,1-3H3,(H,55,64,66)/b33-27+,51-26?. The van der Waals surface area contributed by atoms with Gasteiger partial charge in [0.05, 0.1) is 11.0 Å². The molecule has 2 aromatic carbocycles. The van der Waals surface area contributed by atoms with E-state index in [2.05, 4.69) is 25.8 Å². The Kier molecular flexibility index (Phi) is 14.6. The SMILES string of the molecule is CN/C=C(\C=N)c1cc2c(cc1C(F)F)N(C(N)C1=C(NC3CCN(C(=O)CCN4CCN(Cc5ccc6c(c5)n(C)c(=O)n6C5CCC(=O)NC5=O)CC4)CC3)CCN(C(C)=O)C1)CCC2. The number of hydrogen-bond donors (Lipinski definition) is 5. The van der Waals surface area contributed by atoms with Crippen LogP contribution in [-0.4, -0.2) is 143 Å². The lowest BCUT2D eigenvalue weighted by Gasteiger charge is -2.42. The Balaban J connectivity index is 0.841. The largest absolute Gasteiger partial charge is 0.393 e. The highest BCUT2D eigenvalue weighted by Crippen LogP contribution is 2.38. The molecule has 3 saturated heterocycles. The number of piperazine rings is 1. The van der Waals surface area contributed by atoms with E-state index < -0.39 is 24.5 Å². The number of likely N-dealkylation sites (tertiary alicyclic amines) is 1. The number of carbonyl (C=O) groups excluding carboxylic acids is 4. The minimum Gasteiger partial charge on any atom is -0.393 e. The number of rotatable bonds is 14. The van der Waals surface area contributed by atoms with Crippen molar-refractivity contribution in [1.82, 2.24) is 44.7 Å². The molecule has 5 aliphatic rings. The topological polar surface area (TPSA) is 197 Å². The number of imidazole rings is 1. The highest BCUT2D eigenvalue weighted by atomic mass is 19.3. The van der Waals surface area contributed by atoms with Gasteiger partial charge in [0.2, 0.25) is 23.6 Å². The molecule has 0 radical (unpaired) electrons. The molecule has 360 valence electrons. The van der Waals surface area contributed by atoms with Gasteiger partial charge in [0, 0.05) is 159 Å². The van der Waals surface area contributed by atoms with Gasteiger partial charge < -0.3 is 41.4 Å². The fraction of sp³-hybridized carbons (Fsp3) is 0.542. The van der Waals surface area contributed by atoms with Crippen molar-refractivity contribution < 1.29 is 28.0 Å². The van der Waals surface area contributed by atoms with Gasteiger partial charge in [-0.25, -0.2) is 13.6 Å². The van der Waals surface area contributed by atoms with Crippen molar-refractivity contribution in [3.63, 3.8) is 0 Å². The van der Waals surface area contributed by atoms with E-state index in [1.165, 1.54) is 10.6 Å². The van der Waals surface area contributed by atoms with Crippen LogP contribution < -0.4 is 32.3 Å². The number of nitrogens with zero attached hydrogens (tertiary/aromatic N) is 7. The number of benzene rings is 2. The molecule has 0 spiro atoms. The molecular weight excluding hydrogens is 863 g/mol. The maximum atomic E-state index is 14.6. The lowest BCUT2D eigenvalue weighted by molar-refractivity contribution is -0.136. The second-order valence-corrected chi connectivity index (χ2v) is 18.5. The number of amides is 4. The summed E-state index contributed by atoms with van der Waals surface area (Å²) in [5, 5.41) is 16.9. The number of alkyl halides is 2. The van der Waals surface area contributed by atoms with Crippen LogP contribution in [0.1, 0.15) is 86.6 Å². The molecule has 5 aliphatic heterocycles. The first-order chi connectivity index (χ1) is 32.2. The zero-order chi connectivity index (χ0) is 47.5. The van der Waals surface area contributed by atoms with E-state index in [0.29, 0.717) is 93.8 Å². The number of nitrogens with two attached hydrogens (primary N) is 1. The summed E-state index contributed by atoms with van der Waals surface area (Å²) in [4.78, 5) is 74.1. The van der Waals surface area contributed by atoms with Crippen LogP contribution in [0.25, 0.3) is 16.6 Å². The van der Waals surface area contributed by atoms with Gasteiger partial charge in [-0.3, -0.25) is 38.5 Å². The maximum absolute atomic E-state index is 14.6. The minimum absolute atomic E-state index is 0.0535. The van der Waals surface area contributed by atoms with Gasteiger partial charge in [-0.15, -0.1) is 0 Å². The van der Waals surface area contributed by atoms with Gasteiger partial charge in [0.1, 0.15) is 12.2 Å². The van der Waals surface area contributed by atoms with E-state index in [0.717, 1.165) is 79.6 Å². The summed E-state index contributed by atoms with van der Waals surface area (Å²) in [6.45, 7) is 9.00. The van der Waals surface area contributed by atoms with Gasteiger partial charge >= 0.3 is 5.69 Å². The summed E-state index contributed by atoms with van der Waals surface area (Å²) in [7, 11) is 3.37. The first kappa shape index (κ1) is 47.6. The molecule has 3 fully saturated rings. The first-order valence-corrected chi connectivity index (χ1v) is 23.6. The van der Waals surface area contributed by atoms with Crippen molar-refractivity contribution in [2.75, 3.05) is 77.4 Å². The Morgan fingerprint density at radius 1 is 0.925 bits per heavy atom. The van der Waals surface area contributed by atoms with Crippen molar-refractivity contribution >= 4 is 52.1 Å². The Bertz CT molecular complexity index is 2520. The highest BCUT2D eigenvalue weighted by Gasteiger charge is 2.35. The van der Waals surface area contributed by atoms with Crippen LogP contribution >= 0.6 is 0 Å². The average molecular weight is 927 g/mol. The average Bonchev–Trinajstić information content (AvgIpc) is 3.57. The van der Waals surface area contributed by atoms with Crippen molar-refractivity contribution in [3.8, 4) is 0 Å². The number of nitrogens with one attached hydrogen (secondary N) is 4. The van der Waals surface area contributed by atoms with Crippen LogP contribution in [0.3, 0.4) is 0 Å². The van der Waals surface area contributed by atoms with Gasteiger partial charge in [0.15, 0.2) is 0 Å². The molecule has 0 saturated carbocycles. The van der Waals surface area contributed by atoms with E-state index in [1.54, 1.807) is 42.8 Å². The van der Waals surface area contributed by atoms with E-state index in [1.807, 2.05) is 28.0 Å². The van der Waals surface area contributed by atoms with Gasteiger partial charge in [-0.05, 0) is 73.1 Å². The monoisotopic (exact) mass is 927 g/mol. The lowest BCUT2D eigenvalue weighted by atomic mass is 9.91. The summed E-state index contributed by atoms with van der Waals surface area (Å²) >= 11 is 0. The minimum atomic E-state index is -2.76. The summed E-state index contributed by atoms with van der Waals surface area (Å²) in [6.07, 6.45) is 3.71. The fourth-order valence-corrected chi connectivity index (χ4v) is 10.5. The van der Waals surface area contributed by atoms with Gasteiger partial charge in [0.25, 0.3) is 6.43 Å². The zero-order valence-corrected chi connectivity index (χ0v) is 38.8. The Labute approximate surface area is 389 Å². The number of hydrogen-bond acceptors (Lipinski definition) is 12. The number of imide groups is 1. The molecular formula is C48H64F2N12O5. The maximum Gasteiger partial charge on any atom is 0.329 e. The third-order valence-corrected chi connectivity index (χ3v) is 14.3. The van der Waals surface area contributed by atoms with Crippen LogP contribution in [0.5, 0.6) is 0 Å². The predicted octanol–water partition coefficient (Wildman–Crippen LogP) is 2.80. The molecule has 3 aromatic rings. The number of carbonyl (C=O) groups is 4. The predicted molar refractivity (Wildman–Crippen MR) is 252 cm³/mol. The molecule has 0 aliphatic carbocycles. The van der Waals surface area contributed by atoms with E-state index in [9.17, 15) is 32.8 Å². The van der Waals surface area contributed by atoms with Crippen LogP contribution in [0, 0.1) is 5.41 Å². The van der Waals surface area contributed by atoms with E-state index in [-0.39, 0.29) is 41.4 Å². The van der Waals surface area contributed by atoms with Crippen molar-refractivity contribution in [2.24, 2.45) is 12.8 Å². The van der Waals surface area contributed by atoms with Crippen molar-refractivity contribution in [1.29, 1.82) is 5.41 Å². The van der Waals surface area contributed by atoms with Gasteiger partial charge in [-0.2, -0.15) is 0 Å². The zero-order valence-electron chi connectivity index (χ0n) is 38.8. The smallest absolute Gasteiger partial charge is 0.329 e. The summed E-state index contributed by atoms with van der Waals surface area (Å²) in [5.74, 6) is -0.681. The van der Waals surface area contributed by atoms with Crippen LogP contribution in [0.4, 0.5) is 14.5 Å². The number of piperidine rings is 2. The lowest BCUT2D eigenvalue weighted by Crippen LogP contribution is -2.53. The van der Waals surface area contributed by atoms with E-state index in [4.69, 9.17) is 11.1 Å². The van der Waals surface area contributed by atoms with Crippen LogP contribution in [-0.2, 0) is 39.2 Å². The van der Waals surface area contributed by atoms with E-state index >= 15 is 0 Å². The third kappa shape index (κ3) is 10.2. The Hall–Kier alpha value is -5.92. The molecule has 2 unspecified atom stereocenters. The first-order valence-electron chi connectivity index (χ1n) is 23.6. The normalized spacial score (nSPS) is 20.9. The second-order valence-electron chi connectivity index (χ2n) is 18.5. The van der Waals surface area contributed by atoms with Crippen molar-refractivity contribution in [2.45, 2.75) is 89.5 Å². The third-order valence-electron chi connectivity index (χ3n) is 14.3. The number of halogens is 2. The Morgan fingerprint density at radius 2 is 1.67 bits per heavy atom. The second kappa shape index (κ2) is 20.5. The number of aryl methyl sites for hydroxylation is 2. The molecule has 6 N–H and O–H groups in total. The molecule has 6 heterocycles. The molecule has 8 rings (SSSR count). The molecule has 67 heavy (non-hydrogen) atoms. The number of aromatic nitrogens is 2. The summed E-state index contributed by atoms with van der Waals surface area (Å²) in [6, 6.07) is 8.57. The number of fused-ring (bicyclic) bond motifs is 2.